The van der Waals surface area contributed by atoms with E-state index in [9.17, 15) is 19.2 Å². The minimum Gasteiger partial charge on any atom is -0.315 e. The lowest BCUT2D eigenvalue weighted by Crippen LogP contribution is -2.54. The lowest BCUT2D eigenvalue weighted by molar-refractivity contribution is -0.136. The summed E-state index contributed by atoms with van der Waals surface area (Å²) in [6.07, 6.45) is 1.46. The van der Waals surface area contributed by atoms with Crippen LogP contribution in [-0.4, -0.2) is 64.6 Å². The van der Waals surface area contributed by atoms with E-state index in [1.807, 2.05) is 6.07 Å². The summed E-state index contributed by atoms with van der Waals surface area (Å²) in [7, 11) is 0. The van der Waals surface area contributed by atoms with Crippen LogP contribution in [0, 0.1) is 5.92 Å². The van der Waals surface area contributed by atoms with Gasteiger partial charge in [0.1, 0.15) is 6.04 Å². The number of likely N-dealkylation sites (tertiary alicyclic amines) is 1. The normalized spacial score (nSPS) is 32.0. The Morgan fingerprint density at radius 3 is 2.66 bits per heavy atom. The number of imide groups is 2. The van der Waals surface area contributed by atoms with Gasteiger partial charge in [0, 0.05) is 31.6 Å². The van der Waals surface area contributed by atoms with Crippen molar-refractivity contribution in [3.05, 3.63) is 34.9 Å². The third kappa shape index (κ3) is 2.89. The minimum absolute atomic E-state index is 0.124. The van der Waals surface area contributed by atoms with Crippen LogP contribution in [-0.2, 0) is 16.1 Å². The van der Waals surface area contributed by atoms with E-state index in [0.717, 1.165) is 30.1 Å². The molecule has 0 spiro atoms. The van der Waals surface area contributed by atoms with Gasteiger partial charge in [0.05, 0.1) is 11.1 Å². The molecular weight excluding hydrogens is 372 g/mol. The molecular formula is C21H24N4O4. The van der Waals surface area contributed by atoms with Crippen molar-refractivity contribution in [2.24, 2.45) is 5.92 Å². The number of nitrogens with one attached hydrogen (secondary N) is 2. The predicted octanol–water partition coefficient (Wildman–Crippen LogP) is 0.270. The van der Waals surface area contributed by atoms with Crippen LogP contribution in [0.3, 0.4) is 0 Å². The lowest BCUT2D eigenvalue weighted by Gasteiger charge is -2.28. The third-order valence-corrected chi connectivity index (χ3v) is 6.81. The number of nitrogens with zero attached hydrogens (tertiary/aromatic N) is 2. The molecule has 4 heterocycles. The Balaban J connectivity index is 1.38. The smallest absolute Gasteiger partial charge is 0.262 e. The molecule has 1 unspecified atom stereocenters. The Morgan fingerprint density at radius 2 is 1.86 bits per heavy atom. The molecule has 4 aliphatic rings. The summed E-state index contributed by atoms with van der Waals surface area (Å²) >= 11 is 0. The predicted molar refractivity (Wildman–Crippen MR) is 103 cm³/mol. The second kappa shape index (κ2) is 6.74. The molecule has 3 saturated heterocycles. The third-order valence-electron chi connectivity index (χ3n) is 6.81. The summed E-state index contributed by atoms with van der Waals surface area (Å²) in [4.78, 5) is 52.9. The maximum absolute atomic E-state index is 13.0. The molecule has 8 heteroatoms. The van der Waals surface area contributed by atoms with Gasteiger partial charge in [0.25, 0.3) is 11.8 Å². The van der Waals surface area contributed by atoms with Gasteiger partial charge in [0.2, 0.25) is 11.8 Å². The average molecular weight is 396 g/mol. The Hall–Kier alpha value is -2.58. The Kier molecular flexibility index (Phi) is 4.29. The summed E-state index contributed by atoms with van der Waals surface area (Å²) in [5.41, 5.74) is 1.68. The fraction of sp³-hybridized carbons (Fsp3) is 0.524. The zero-order chi connectivity index (χ0) is 20.3. The Labute approximate surface area is 168 Å². The van der Waals surface area contributed by atoms with Crippen molar-refractivity contribution >= 4 is 23.6 Å². The molecule has 8 nitrogen and oxygen atoms in total. The largest absolute Gasteiger partial charge is 0.315 e. The van der Waals surface area contributed by atoms with Crippen molar-refractivity contribution in [3.8, 4) is 0 Å². The molecule has 0 aromatic heterocycles. The molecule has 4 atom stereocenters. The van der Waals surface area contributed by atoms with Crippen LogP contribution >= 0.6 is 0 Å². The van der Waals surface area contributed by atoms with Gasteiger partial charge in [-0.25, -0.2) is 0 Å². The van der Waals surface area contributed by atoms with Gasteiger partial charge in [0.15, 0.2) is 0 Å². The highest BCUT2D eigenvalue weighted by molar-refractivity contribution is 6.23. The second-order valence-corrected chi connectivity index (χ2v) is 8.57. The van der Waals surface area contributed by atoms with Gasteiger partial charge >= 0.3 is 0 Å². The summed E-state index contributed by atoms with van der Waals surface area (Å²) in [6.45, 7) is 5.02. The molecule has 0 bridgehead atoms. The summed E-state index contributed by atoms with van der Waals surface area (Å²) < 4.78 is 0. The van der Waals surface area contributed by atoms with Gasteiger partial charge in [-0.05, 0) is 49.9 Å². The summed E-state index contributed by atoms with van der Waals surface area (Å²) in [5, 5.41) is 5.68. The Morgan fingerprint density at radius 1 is 1.07 bits per heavy atom. The molecule has 2 N–H and O–H groups in total. The first-order valence-electron chi connectivity index (χ1n) is 10.2. The van der Waals surface area contributed by atoms with Crippen LogP contribution in [0.2, 0.25) is 0 Å². The minimum atomic E-state index is -0.924. The first-order valence-corrected chi connectivity index (χ1v) is 10.2. The van der Waals surface area contributed by atoms with Crippen LogP contribution in [0.15, 0.2) is 18.2 Å². The van der Waals surface area contributed by atoms with Crippen LogP contribution < -0.4 is 10.6 Å². The lowest BCUT2D eigenvalue weighted by atomic mass is 10.0. The fourth-order valence-corrected chi connectivity index (χ4v) is 5.35. The van der Waals surface area contributed by atoms with E-state index in [1.54, 1.807) is 12.1 Å². The first kappa shape index (κ1) is 18.4. The molecule has 0 radical (unpaired) electrons. The molecule has 1 aromatic rings. The highest BCUT2D eigenvalue weighted by atomic mass is 16.2. The zero-order valence-electron chi connectivity index (χ0n) is 16.3. The quantitative estimate of drug-likeness (QED) is 0.712. The maximum Gasteiger partial charge on any atom is 0.262 e. The van der Waals surface area contributed by atoms with Crippen molar-refractivity contribution < 1.29 is 19.2 Å². The van der Waals surface area contributed by atoms with E-state index in [4.69, 9.17) is 0 Å². The van der Waals surface area contributed by atoms with Gasteiger partial charge in [-0.3, -0.25) is 34.3 Å². The molecule has 29 heavy (non-hydrogen) atoms. The number of amides is 4. The monoisotopic (exact) mass is 396 g/mol. The average Bonchev–Trinajstić information content (AvgIpc) is 3.32. The van der Waals surface area contributed by atoms with Gasteiger partial charge in [-0.15, -0.1) is 0 Å². The van der Waals surface area contributed by atoms with Crippen molar-refractivity contribution in [3.63, 3.8) is 0 Å². The van der Waals surface area contributed by atoms with Gasteiger partial charge in [-0.1, -0.05) is 6.07 Å². The molecule has 1 aromatic carbocycles. The number of carbonyl (C=O) groups excluding carboxylic acids is 4. The topological polar surface area (TPSA) is 98.8 Å². The summed E-state index contributed by atoms with van der Waals surface area (Å²) in [5.74, 6) is -1.19. The molecule has 4 amide bonds. The maximum atomic E-state index is 13.0. The van der Waals surface area contributed by atoms with E-state index >= 15 is 0 Å². The number of fused-ring (bicyclic) bond motifs is 2. The fourth-order valence-electron chi connectivity index (χ4n) is 5.35. The highest BCUT2D eigenvalue weighted by Crippen LogP contribution is 2.34. The van der Waals surface area contributed by atoms with E-state index in [1.165, 1.54) is 6.42 Å². The number of benzene rings is 1. The van der Waals surface area contributed by atoms with Crippen LogP contribution in [0.5, 0.6) is 0 Å². The highest BCUT2D eigenvalue weighted by Gasteiger charge is 2.45. The molecule has 5 rings (SSSR count). The molecule has 3 fully saturated rings. The molecule has 0 saturated carbocycles. The van der Waals surface area contributed by atoms with Crippen molar-refractivity contribution in [2.75, 3.05) is 13.1 Å². The Bertz CT molecular complexity index is 929. The van der Waals surface area contributed by atoms with E-state index < -0.39 is 23.8 Å². The van der Waals surface area contributed by atoms with Crippen LogP contribution in [0.25, 0.3) is 0 Å². The van der Waals surface area contributed by atoms with Gasteiger partial charge < -0.3 is 5.32 Å². The van der Waals surface area contributed by atoms with E-state index in [0.29, 0.717) is 29.1 Å². The number of piperidine rings is 1. The molecule has 0 aliphatic carbocycles. The van der Waals surface area contributed by atoms with Crippen molar-refractivity contribution in [1.29, 1.82) is 0 Å². The van der Waals surface area contributed by atoms with Crippen molar-refractivity contribution in [2.45, 2.75) is 50.9 Å². The number of hydrogen-bond acceptors (Lipinski definition) is 6. The number of hydrogen-bond donors (Lipinski definition) is 2. The number of carbonyl (C=O) groups is 4. The summed E-state index contributed by atoms with van der Waals surface area (Å²) in [6, 6.07) is 5.47. The van der Waals surface area contributed by atoms with E-state index in [2.05, 4.69) is 22.5 Å². The standard InChI is InChI=1S/C21H24N4O4/c1-11-6-13-8-22-9-17(13)24(11)10-12-2-3-14-15(7-12)21(29)25(20(14)28)16-4-5-18(26)23-19(16)27/h2-3,7,11,13,16-17,22H,4-6,8-10H2,1H3,(H,23,26,27)/t11-,13+,16?,17-/m1/s1. The zero-order valence-corrected chi connectivity index (χ0v) is 16.3. The molecule has 152 valence electrons. The molecule has 4 aliphatic heterocycles. The second-order valence-electron chi connectivity index (χ2n) is 8.57. The van der Waals surface area contributed by atoms with Crippen molar-refractivity contribution in [1.82, 2.24) is 20.4 Å². The first-order chi connectivity index (χ1) is 13.9. The van der Waals surface area contributed by atoms with Crippen LogP contribution in [0.4, 0.5) is 0 Å². The van der Waals surface area contributed by atoms with Crippen LogP contribution in [0.1, 0.15) is 52.5 Å². The SMILES string of the molecule is C[C@@H]1C[C@H]2CNC[C@H]2N1Cc1ccc2c(c1)C(=O)N(C1CCC(=O)NC1=O)C2=O. The number of rotatable bonds is 3. The van der Waals surface area contributed by atoms with Gasteiger partial charge in [-0.2, -0.15) is 0 Å². The van der Waals surface area contributed by atoms with E-state index in [-0.39, 0.29) is 18.7 Å².